The number of carbonyl (C=O) groups is 1. The summed E-state index contributed by atoms with van der Waals surface area (Å²) < 4.78 is 44.6. The molecule has 3 rings (SSSR count). The van der Waals surface area contributed by atoms with Crippen molar-refractivity contribution < 1.29 is 22.7 Å². The Bertz CT molecular complexity index is 790. The van der Waals surface area contributed by atoms with Gasteiger partial charge in [0, 0.05) is 38.3 Å². The highest BCUT2D eigenvalue weighted by atomic mass is 19.4. The van der Waals surface area contributed by atoms with Gasteiger partial charge in [0.1, 0.15) is 6.61 Å². The lowest BCUT2D eigenvalue weighted by molar-refractivity contribution is -0.137. The van der Waals surface area contributed by atoms with Gasteiger partial charge in [-0.2, -0.15) is 13.2 Å². The Balaban J connectivity index is 1.28. The summed E-state index contributed by atoms with van der Waals surface area (Å²) in [6.07, 6.45) is 4.73. The monoisotopic (exact) mass is 496 g/mol. The zero-order valence-electron chi connectivity index (χ0n) is 21.7. The smallest absolute Gasteiger partial charge is 0.369 e. The van der Waals surface area contributed by atoms with Crippen LogP contribution in [-0.2, 0) is 15.7 Å². The van der Waals surface area contributed by atoms with Crippen molar-refractivity contribution in [1.29, 1.82) is 0 Å². The third-order valence-corrected chi connectivity index (χ3v) is 7.46. The highest BCUT2D eigenvalue weighted by molar-refractivity contribution is 5.79. The fourth-order valence-electron chi connectivity index (χ4n) is 5.24. The highest BCUT2D eigenvalue weighted by Crippen LogP contribution is 2.34. The first-order chi connectivity index (χ1) is 16.5. The van der Waals surface area contributed by atoms with E-state index in [9.17, 15) is 18.0 Å². The van der Waals surface area contributed by atoms with Gasteiger partial charge in [-0.25, -0.2) is 0 Å². The van der Waals surface area contributed by atoms with Crippen LogP contribution < -0.4 is 4.90 Å². The number of ketones is 1. The molecular weight excluding hydrogens is 453 g/mol. The van der Waals surface area contributed by atoms with E-state index in [0.29, 0.717) is 12.1 Å². The molecule has 0 bridgehead atoms. The van der Waals surface area contributed by atoms with E-state index in [-0.39, 0.29) is 18.0 Å². The zero-order valence-corrected chi connectivity index (χ0v) is 21.7. The van der Waals surface area contributed by atoms with Crippen LogP contribution in [-0.4, -0.2) is 55.6 Å². The summed E-state index contributed by atoms with van der Waals surface area (Å²) in [5, 5.41) is 0. The molecule has 1 aliphatic carbocycles. The van der Waals surface area contributed by atoms with E-state index in [0.717, 1.165) is 63.5 Å². The molecule has 4 nitrogen and oxygen atoms in total. The molecule has 0 spiro atoms. The minimum Gasteiger partial charge on any atom is -0.369 e. The average Bonchev–Trinajstić information content (AvgIpc) is 2.82. The maximum Gasteiger partial charge on any atom is 0.416 e. The number of hydrogen-bond acceptors (Lipinski definition) is 4. The lowest BCUT2D eigenvalue weighted by Gasteiger charge is -2.37. The molecule has 1 aliphatic heterocycles. The van der Waals surface area contributed by atoms with Gasteiger partial charge in [-0.05, 0) is 70.2 Å². The lowest BCUT2D eigenvalue weighted by atomic mass is 9.78. The van der Waals surface area contributed by atoms with Gasteiger partial charge < -0.3 is 9.64 Å². The molecule has 1 heterocycles. The number of carbonyl (C=O) groups excluding carboxylic acids is 1. The third kappa shape index (κ3) is 9.76. The second-order valence-corrected chi connectivity index (χ2v) is 11.4. The molecule has 1 aromatic carbocycles. The Hall–Kier alpha value is -1.60. The van der Waals surface area contributed by atoms with Crippen molar-refractivity contribution in [2.24, 2.45) is 11.8 Å². The van der Waals surface area contributed by atoms with Gasteiger partial charge in [0.25, 0.3) is 0 Å². The first-order valence-corrected chi connectivity index (χ1v) is 13.3. The number of benzene rings is 1. The molecule has 2 fully saturated rings. The fourth-order valence-corrected chi connectivity index (χ4v) is 5.24. The predicted molar refractivity (Wildman–Crippen MR) is 135 cm³/mol. The van der Waals surface area contributed by atoms with Crippen LogP contribution >= 0.6 is 0 Å². The van der Waals surface area contributed by atoms with Crippen molar-refractivity contribution in [1.82, 2.24) is 4.90 Å². The van der Waals surface area contributed by atoms with Gasteiger partial charge in [0.05, 0.1) is 11.2 Å². The van der Waals surface area contributed by atoms with Gasteiger partial charge in [0.15, 0.2) is 5.78 Å². The van der Waals surface area contributed by atoms with Crippen LogP contribution in [0.15, 0.2) is 24.3 Å². The summed E-state index contributed by atoms with van der Waals surface area (Å²) in [7, 11) is 0. The molecule has 198 valence electrons. The third-order valence-electron chi connectivity index (χ3n) is 7.46. The highest BCUT2D eigenvalue weighted by Gasteiger charge is 2.31. The Kier molecular flexibility index (Phi) is 10.1. The average molecular weight is 497 g/mol. The Labute approximate surface area is 209 Å². The molecule has 7 heteroatoms. The van der Waals surface area contributed by atoms with Gasteiger partial charge in [-0.15, -0.1) is 0 Å². The molecule has 1 aromatic rings. The van der Waals surface area contributed by atoms with Crippen LogP contribution in [0.2, 0.25) is 0 Å². The maximum absolute atomic E-state index is 13.0. The van der Waals surface area contributed by atoms with Crippen LogP contribution in [0.25, 0.3) is 0 Å². The zero-order chi connectivity index (χ0) is 25.5. The summed E-state index contributed by atoms with van der Waals surface area (Å²) >= 11 is 0. The molecule has 0 aromatic heterocycles. The van der Waals surface area contributed by atoms with Crippen molar-refractivity contribution >= 4 is 11.5 Å². The number of hydrogen-bond donors (Lipinski definition) is 0. The molecule has 1 saturated heterocycles. The second-order valence-electron chi connectivity index (χ2n) is 11.4. The Morgan fingerprint density at radius 1 is 0.971 bits per heavy atom. The van der Waals surface area contributed by atoms with E-state index < -0.39 is 11.7 Å². The van der Waals surface area contributed by atoms with Gasteiger partial charge >= 0.3 is 6.18 Å². The topological polar surface area (TPSA) is 32.8 Å². The normalized spacial score (nSPS) is 22.4. The summed E-state index contributed by atoms with van der Waals surface area (Å²) in [6, 6.07) is 5.68. The van der Waals surface area contributed by atoms with E-state index in [1.807, 2.05) is 20.8 Å². The molecule has 1 saturated carbocycles. The summed E-state index contributed by atoms with van der Waals surface area (Å²) in [5.41, 5.74) is -0.167. The van der Waals surface area contributed by atoms with E-state index >= 15 is 0 Å². The standard InChI is InChI=1S/C28H43F3N2O2/c1-27(2,3)35-21-26(34)9-4-6-22-10-12-23(13-11-22)14-15-32-16-18-33(19-17-32)25-8-5-7-24(20-25)28(29,30)31/h5,7-8,20,22-23H,4,6,9-19,21H2,1-3H3. The SMILES string of the molecule is CC(C)(C)OCC(=O)CCCC1CCC(CCN2CCN(c3cccc(C(F)(F)F)c3)CC2)CC1. The molecule has 0 amide bonds. The molecule has 0 unspecified atom stereocenters. The van der Waals surface area contributed by atoms with Crippen LogP contribution in [0.4, 0.5) is 18.9 Å². The van der Waals surface area contributed by atoms with Crippen LogP contribution in [0, 0.1) is 11.8 Å². The molecule has 2 aliphatic rings. The summed E-state index contributed by atoms with van der Waals surface area (Å²) in [4.78, 5) is 16.5. The van der Waals surface area contributed by atoms with Crippen LogP contribution in [0.5, 0.6) is 0 Å². The number of alkyl halides is 3. The minimum absolute atomic E-state index is 0.210. The van der Waals surface area contributed by atoms with Crippen molar-refractivity contribution in [2.45, 2.75) is 83.9 Å². The van der Waals surface area contributed by atoms with E-state index in [1.54, 1.807) is 6.07 Å². The predicted octanol–water partition coefficient (Wildman–Crippen LogP) is 6.58. The number of anilines is 1. The first kappa shape index (κ1) is 28.0. The number of piperazine rings is 1. The molecule has 0 radical (unpaired) electrons. The molecule has 35 heavy (non-hydrogen) atoms. The second kappa shape index (κ2) is 12.6. The molecule has 0 atom stereocenters. The van der Waals surface area contributed by atoms with E-state index in [2.05, 4.69) is 9.80 Å². The van der Waals surface area contributed by atoms with E-state index in [4.69, 9.17) is 4.74 Å². The number of nitrogens with zero attached hydrogens (tertiary/aromatic N) is 2. The summed E-state index contributed by atoms with van der Waals surface area (Å²) in [6.45, 7) is 10.6. The van der Waals surface area contributed by atoms with Gasteiger partial charge in [0.2, 0.25) is 0 Å². The molecule has 0 N–H and O–H groups in total. The molecular formula is C28H43F3N2O2. The van der Waals surface area contributed by atoms with Crippen molar-refractivity contribution in [3.63, 3.8) is 0 Å². The van der Waals surface area contributed by atoms with Crippen molar-refractivity contribution in [2.75, 3.05) is 44.2 Å². The van der Waals surface area contributed by atoms with Crippen molar-refractivity contribution in [3.05, 3.63) is 29.8 Å². The lowest BCUT2D eigenvalue weighted by Crippen LogP contribution is -2.47. The van der Waals surface area contributed by atoms with Crippen LogP contribution in [0.3, 0.4) is 0 Å². The van der Waals surface area contributed by atoms with Crippen molar-refractivity contribution in [3.8, 4) is 0 Å². The quantitative estimate of drug-likeness (QED) is 0.366. The number of halogens is 3. The Morgan fingerprint density at radius 3 is 2.20 bits per heavy atom. The summed E-state index contributed by atoms with van der Waals surface area (Å²) in [5.74, 6) is 1.73. The van der Waals surface area contributed by atoms with Gasteiger partial charge in [-0.1, -0.05) is 38.2 Å². The minimum atomic E-state index is -4.30. The fraction of sp³-hybridized carbons (Fsp3) is 0.750. The van der Waals surface area contributed by atoms with E-state index in [1.165, 1.54) is 44.2 Å². The number of Topliss-reactive ketones (excluding diaryl/α,β-unsaturated/α-hetero) is 1. The number of ether oxygens (including phenoxy) is 1. The maximum atomic E-state index is 13.0. The van der Waals surface area contributed by atoms with Crippen LogP contribution in [0.1, 0.15) is 77.7 Å². The number of rotatable bonds is 10. The Morgan fingerprint density at radius 2 is 1.60 bits per heavy atom. The first-order valence-electron chi connectivity index (χ1n) is 13.3. The largest absolute Gasteiger partial charge is 0.416 e. The van der Waals surface area contributed by atoms with Gasteiger partial charge in [-0.3, -0.25) is 9.69 Å².